The fraction of sp³-hybridized carbons (Fsp3) is 0.167. The lowest BCUT2D eigenvalue weighted by Gasteiger charge is -2.07. The molecule has 0 aliphatic carbocycles. The maximum atomic E-state index is 13.3. The Balaban J connectivity index is 1.46. The first-order valence-electron chi connectivity index (χ1n) is 7.84. The van der Waals surface area contributed by atoms with Gasteiger partial charge >= 0.3 is 0 Å². The van der Waals surface area contributed by atoms with Gasteiger partial charge in [0.05, 0.1) is 12.0 Å². The van der Waals surface area contributed by atoms with Gasteiger partial charge in [-0.25, -0.2) is 4.39 Å². The van der Waals surface area contributed by atoms with Crippen molar-refractivity contribution in [1.29, 1.82) is 0 Å². The van der Waals surface area contributed by atoms with Crippen LogP contribution < -0.4 is 10.6 Å². The van der Waals surface area contributed by atoms with Crippen molar-refractivity contribution < 1.29 is 14.0 Å². The Kier molecular flexibility index (Phi) is 5.03. The number of carbonyl (C=O) groups is 2. The molecule has 0 saturated heterocycles. The van der Waals surface area contributed by atoms with Crippen LogP contribution in [-0.2, 0) is 11.2 Å². The Morgan fingerprint density at radius 3 is 2.80 bits per heavy atom. The Hall–Kier alpha value is -3.22. The summed E-state index contributed by atoms with van der Waals surface area (Å²) < 4.78 is 13.3. The van der Waals surface area contributed by atoms with Gasteiger partial charge in [-0.1, -0.05) is 0 Å². The number of amides is 2. The van der Waals surface area contributed by atoms with Crippen LogP contribution in [0, 0.1) is 5.82 Å². The third kappa shape index (κ3) is 4.20. The first kappa shape index (κ1) is 16.6. The molecule has 128 valence electrons. The molecule has 7 heteroatoms. The van der Waals surface area contributed by atoms with E-state index in [2.05, 4.69) is 20.6 Å². The fourth-order valence-corrected chi connectivity index (χ4v) is 2.51. The molecule has 0 saturated carbocycles. The average Bonchev–Trinajstić information content (AvgIpc) is 3.01. The van der Waals surface area contributed by atoms with Crippen molar-refractivity contribution in [3.63, 3.8) is 0 Å². The number of hydrogen-bond donors (Lipinski definition) is 3. The summed E-state index contributed by atoms with van der Waals surface area (Å²) in [4.78, 5) is 30.7. The molecule has 0 unspecified atom stereocenters. The summed E-state index contributed by atoms with van der Waals surface area (Å²) in [5, 5.41) is 6.13. The van der Waals surface area contributed by atoms with Crippen molar-refractivity contribution >= 4 is 22.7 Å². The third-order valence-corrected chi connectivity index (χ3v) is 3.74. The Labute approximate surface area is 143 Å². The lowest BCUT2D eigenvalue weighted by atomic mass is 10.1. The van der Waals surface area contributed by atoms with Gasteiger partial charge in [0, 0.05) is 42.6 Å². The minimum Gasteiger partial charge on any atom is -0.361 e. The van der Waals surface area contributed by atoms with Crippen LogP contribution >= 0.6 is 0 Å². The van der Waals surface area contributed by atoms with Crippen LogP contribution in [-0.4, -0.2) is 34.9 Å². The number of benzene rings is 1. The summed E-state index contributed by atoms with van der Waals surface area (Å²) in [6.07, 6.45) is 4.91. The van der Waals surface area contributed by atoms with Crippen LogP contribution in [0.25, 0.3) is 10.9 Å². The Bertz CT molecular complexity index is 892. The molecule has 2 amide bonds. The van der Waals surface area contributed by atoms with Gasteiger partial charge < -0.3 is 15.6 Å². The van der Waals surface area contributed by atoms with E-state index in [0.29, 0.717) is 24.0 Å². The van der Waals surface area contributed by atoms with E-state index < -0.39 is 0 Å². The van der Waals surface area contributed by atoms with E-state index in [1.165, 1.54) is 18.3 Å². The molecule has 0 aliphatic heterocycles. The van der Waals surface area contributed by atoms with Crippen LogP contribution in [0.3, 0.4) is 0 Å². The zero-order valence-electron chi connectivity index (χ0n) is 13.4. The lowest BCUT2D eigenvalue weighted by Crippen LogP contribution is -2.35. The largest absolute Gasteiger partial charge is 0.361 e. The number of hydrogen-bond acceptors (Lipinski definition) is 3. The molecule has 2 heterocycles. The molecule has 25 heavy (non-hydrogen) atoms. The second-order valence-corrected chi connectivity index (χ2v) is 5.53. The standard InChI is InChI=1S/C18H17FN4O2/c19-14-3-4-16-15(9-14)13(11-23-16)8-17(24)21-6-7-22-18(25)12-2-1-5-20-10-12/h1-5,9-11,23H,6-8H2,(H,21,24)(H,22,25). The van der Waals surface area contributed by atoms with E-state index in [-0.39, 0.29) is 24.1 Å². The molecule has 0 fully saturated rings. The number of aromatic nitrogens is 2. The van der Waals surface area contributed by atoms with Gasteiger partial charge in [-0.3, -0.25) is 14.6 Å². The molecule has 0 atom stereocenters. The molecule has 1 aromatic carbocycles. The molecule has 0 spiro atoms. The van der Waals surface area contributed by atoms with E-state index in [0.717, 1.165) is 11.1 Å². The topological polar surface area (TPSA) is 86.9 Å². The van der Waals surface area contributed by atoms with Gasteiger partial charge in [0.1, 0.15) is 5.82 Å². The Morgan fingerprint density at radius 1 is 1.16 bits per heavy atom. The number of nitrogens with one attached hydrogen (secondary N) is 3. The highest BCUT2D eigenvalue weighted by Crippen LogP contribution is 2.19. The number of pyridine rings is 1. The number of aromatic amines is 1. The van der Waals surface area contributed by atoms with Gasteiger partial charge in [-0.15, -0.1) is 0 Å². The maximum Gasteiger partial charge on any atom is 0.252 e. The zero-order chi connectivity index (χ0) is 17.6. The van der Waals surface area contributed by atoms with Crippen molar-refractivity contribution in [3.05, 3.63) is 65.9 Å². The number of rotatable bonds is 6. The highest BCUT2D eigenvalue weighted by molar-refractivity contribution is 5.93. The van der Waals surface area contributed by atoms with Gasteiger partial charge in [0.15, 0.2) is 0 Å². The summed E-state index contributed by atoms with van der Waals surface area (Å²) >= 11 is 0. The molecule has 0 aliphatic rings. The van der Waals surface area contributed by atoms with Gasteiger partial charge in [0.25, 0.3) is 5.91 Å². The maximum absolute atomic E-state index is 13.3. The van der Waals surface area contributed by atoms with Gasteiger partial charge in [-0.05, 0) is 35.9 Å². The van der Waals surface area contributed by atoms with E-state index in [9.17, 15) is 14.0 Å². The first-order chi connectivity index (χ1) is 12.1. The van der Waals surface area contributed by atoms with Crippen molar-refractivity contribution in [2.75, 3.05) is 13.1 Å². The second kappa shape index (κ2) is 7.57. The average molecular weight is 340 g/mol. The monoisotopic (exact) mass is 340 g/mol. The predicted molar refractivity (Wildman–Crippen MR) is 91.5 cm³/mol. The molecule has 0 radical (unpaired) electrons. The van der Waals surface area contributed by atoms with E-state index >= 15 is 0 Å². The molecular weight excluding hydrogens is 323 g/mol. The fourth-order valence-electron chi connectivity index (χ4n) is 2.51. The number of halogens is 1. The molecule has 0 bridgehead atoms. The van der Waals surface area contributed by atoms with E-state index in [1.54, 1.807) is 30.6 Å². The molecule has 3 rings (SSSR count). The van der Waals surface area contributed by atoms with Gasteiger partial charge in [0.2, 0.25) is 5.91 Å². The van der Waals surface area contributed by atoms with Crippen LogP contribution in [0.1, 0.15) is 15.9 Å². The van der Waals surface area contributed by atoms with Crippen molar-refractivity contribution in [3.8, 4) is 0 Å². The summed E-state index contributed by atoms with van der Waals surface area (Å²) in [5.74, 6) is -0.776. The smallest absolute Gasteiger partial charge is 0.252 e. The summed E-state index contributed by atoms with van der Waals surface area (Å²) in [6.45, 7) is 0.615. The van der Waals surface area contributed by atoms with Crippen LogP contribution in [0.2, 0.25) is 0 Å². The molecule has 3 N–H and O–H groups in total. The molecule has 2 aromatic heterocycles. The number of H-pyrrole nitrogens is 1. The van der Waals surface area contributed by atoms with Crippen LogP contribution in [0.4, 0.5) is 4.39 Å². The SMILES string of the molecule is O=C(Cc1c[nH]c2ccc(F)cc12)NCCNC(=O)c1cccnc1. The summed E-state index contributed by atoms with van der Waals surface area (Å²) in [6, 6.07) is 7.76. The highest BCUT2D eigenvalue weighted by atomic mass is 19.1. The normalized spacial score (nSPS) is 10.6. The highest BCUT2D eigenvalue weighted by Gasteiger charge is 2.10. The van der Waals surface area contributed by atoms with Crippen molar-refractivity contribution in [2.45, 2.75) is 6.42 Å². The van der Waals surface area contributed by atoms with Gasteiger partial charge in [-0.2, -0.15) is 0 Å². The number of fused-ring (bicyclic) bond motifs is 1. The summed E-state index contributed by atoms with van der Waals surface area (Å²) in [7, 11) is 0. The van der Waals surface area contributed by atoms with E-state index in [1.807, 2.05) is 0 Å². The Morgan fingerprint density at radius 2 is 2.00 bits per heavy atom. The van der Waals surface area contributed by atoms with Crippen molar-refractivity contribution in [1.82, 2.24) is 20.6 Å². The zero-order valence-corrected chi connectivity index (χ0v) is 13.4. The second-order valence-electron chi connectivity index (χ2n) is 5.53. The summed E-state index contributed by atoms with van der Waals surface area (Å²) in [5.41, 5.74) is 1.98. The van der Waals surface area contributed by atoms with Crippen LogP contribution in [0.15, 0.2) is 48.9 Å². The lowest BCUT2D eigenvalue weighted by molar-refractivity contribution is -0.120. The molecule has 3 aromatic rings. The third-order valence-electron chi connectivity index (χ3n) is 3.74. The first-order valence-corrected chi connectivity index (χ1v) is 7.84. The van der Waals surface area contributed by atoms with Crippen molar-refractivity contribution in [2.24, 2.45) is 0 Å². The van der Waals surface area contributed by atoms with Crippen LogP contribution in [0.5, 0.6) is 0 Å². The van der Waals surface area contributed by atoms with E-state index in [4.69, 9.17) is 0 Å². The number of carbonyl (C=O) groups excluding carboxylic acids is 2. The minimum absolute atomic E-state index is 0.139. The molecular formula is C18H17FN4O2. The quantitative estimate of drug-likeness (QED) is 0.598. The molecule has 6 nitrogen and oxygen atoms in total. The number of nitrogens with zero attached hydrogens (tertiary/aromatic N) is 1. The minimum atomic E-state index is -0.341. The predicted octanol–water partition coefficient (Wildman–Crippen LogP) is 1.79.